The molecule has 0 bridgehead atoms. The van der Waals surface area contributed by atoms with Gasteiger partial charge in [-0.2, -0.15) is 0 Å². The summed E-state index contributed by atoms with van der Waals surface area (Å²) in [4.78, 5) is 29.3. The summed E-state index contributed by atoms with van der Waals surface area (Å²) in [5, 5.41) is 17.4. The van der Waals surface area contributed by atoms with Gasteiger partial charge in [-0.3, -0.25) is 9.59 Å². The van der Waals surface area contributed by atoms with Crippen LogP contribution in [0.2, 0.25) is 5.02 Å². The summed E-state index contributed by atoms with van der Waals surface area (Å²) in [5.74, 6) is -1.93. The maximum absolute atomic E-state index is 14.1. The Bertz CT molecular complexity index is 1470. The molecule has 2 N–H and O–H groups in total. The van der Waals surface area contributed by atoms with Crippen molar-refractivity contribution in [3.8, 4) is 0 Å². The van der Waals surface area contributed by atoms with Gasteiger partial charge in [0, 0.05) is 28.5 Å². The Morgan fingerprint density at radius 2 is 1.73 bits per heavy atom. The van der Waals surface area contributed by atoms with Crippen molar-refractivity contribution in [1.29, 1.82) is 0 Å². The Balaban J connectivity index is 1.52. The number of carbonyl (C=O) groups excluding carboxylic acids is 2. The van der Waals surface area contributed by atoms with Crippen LogP contribution >= 0.6 is 11.6 Å². The van der Waals surface area contributed by atoms with Gasteiger partial charge in [0.1, 0.15) is 5.92 Å². The Hall–Kier alpha value is -3.67. The number of hydrogen-bond acceptors (Lipinski definition) is 4. The fourth-order valence-electron chi connectivity index (χ4n) is 5.12. The molecule has 4 aromatic rings. The van der Waals surface area contributed by atoms with Gasteiger partial charge in [0.2, 0.25) is 5.91 Å². The molecule has 1 aliphatic heterocycles. The zero-order chi connectivity index (χ0) is 26.1. The average Bonchev–Trinajstić information content (AvgIpc) is 2.89. The molecule has 37 heavy (non-hydrogen) atoms. The number of nitrogens with one attached hydrogen (secondary N) is 1. The van der Waals surface area contributed by atoms with E-state index in [1.807, 2.05) is 86.6 Å². The molecule has 0 aliphatic carbocycles. The molecule has 0 radical (unpaired) electrons. The van der Waals surface area contributed by atoms with E-state index >= 15 is 0 Å². The van der Waals surface area contributed by atoms with Gasteiger partial charge in [0.15, 0.2) is 5.78 Å². The third-order valence-corrected chi connectivity index (χ3v) is 7.30. The van der Waals surface area contributed by atoms with Crippen molar-refractivity contribution in [2.75, 3.05) is 16.8 Å². The molecule has 5 nitrogen and oxygen atoms in total. The highest BCUT2D eigenvalue weighted by molar-refractivity contribution is 6.30. The highest BCUT2D eigenvalue weighted by atomic mass is 35.5. The second-order valence-electron chi connectivity index (χ2n) is 9.56. The van der Waals surface area contributed by atoms with E-state index < -0.39 is 18.1 Å². The Labute approximate surface area is 221 Å². The minimum atomic E-state index is -1.22. The second kappa shape index (κ2) is 10.4. The lowest BCUT2D eigenvalue weighted by Crippen LogP contribution is -2.50. The summed E-state index contributed by atoms with van der Waals surface area (Å²) in [7, 11) is 0. The van der Waals surface area contributed by atoms with Crippen molar-refractivity contribution in [3.63, 3.8) is 0 Å². The lowest BCUT2D eigenvalue weighted by Gasteiger charge is -2.37. The van der Waals surface area contributed by atoms with Gasteiger partial charge in [0.25, 0.3) is 0 Å². The van der Waals surface area contributed by atoms with Crippen LogP contribution in [0.3, 0.4) is 0 Å². The number of aliphatic hydroxyl groups excluding tert-OH is 1. The molecule has 3 unspecified atom stereocenters. The maximum atomic E-state index is 14.1. The zero-order valence-electron chi connectivity index (χ0n) is 20.8. The van der Waals surface area contributed by atoms with Crippen molar-refractivity contribution in [2.45, 2.75) is 32.4 Å². The number of rotatable bonds is 7. The summed E-state index contributed by atoms with van der Waals surface area (Å²) >= 11 is 6.08. The molecule has 1 amide bonds. The quantitative estimate of drug-likeness (QED) is 0.293. The molecule has 0 spiro atoms. The average molecular weight is 513 g/mol. The summed E-state index contributed by atoms with van der Waals surface area (Å²) < 4.78 is 0. The number of benzene rings is 4. The highest BCUT2D eigenvalue weighted by Crippen LogP contribution is 2.39. The first kappa shape index (κ1) is 25.0. The predicted molar refractivity (Wildman–Crippen MR) is 149 cm³/mol. The number of anilines is 2. The van der Waals surface area contributed by atoms with Gasteiger partial charge < -0.3 is 15.3 Å². The largest absolute Gasteiger partial charge is 0.387 e. The third kappa shape index (κ3) is 4.97. The lowest BCUT2D eigenvalue weighted by atomic mass is 9.81. The monoisotopic (exact) mass is 512 g/mol. The zero-order valence-corrected chi connectivity index (χ0v) is 21.6. The molecule has 0 saturated carbocycles. The van der Waals surface area contributed by atoms with Crippen LogP contribution in [0, 0.1) is 12.8 Å². The number of hydrogen-bond donors (Lipinski definition) is 2. The number of halogens is 1. The SMILES string of the molecule is CCN1C(=O)C(C(=O)C(Cc2ccc(Cl)cc2)Nc2ccc3ccccc3c2)C(O)c2ccc(C)cc21. The van der Waals surface area contributed by atoms with Crippen molar-refractivity contribution in [1.82, 2.24) is 0 Å². The summed E-state index contributed by atoms with van der Waals surface area (Å²) in [5.41, 5.74) is 3.92. The molecule has 1 heterocycles. The number of fused-ring (bicyclic) bond motifs is 2. The molecule has 1 aliphatic rings. The van der Waals surface area contributed by atoms with Crippen LogP contribution in [0.4, 0.5) is 11.4 Å². The molecule has 3 atom stereocenters. The van der Waals surface area contributed by atoms with E-state index in [4.69, 9.17) is 11.6 Å². The second-order valence-corrected chi connectivity index (χ2v) is 10.00. The van der Waals surface area contributed by atoms with Crippen molar-refractivity contribution in [3.05, 3.63) is 107 Å². The molecular formula is C31H29ClN2O3. The lowest BCUT2D eigenvalue weighted by molar-refractivity contribution is -0.138. The van der Waals surface area contributed by atoms with E-state index in [0.717, 1.165) is 27.6 Å². The van der Waals surface area contributed by atoms with Gasteiger partial charge in [-0.05, 0) is 72.5 Å². The summed E-state index contributed by atoms with van der Waals surface area (Å²) in [6.07, 6.45) is -0.879. The highest BCUT2D eigenvalue weighted by Gasteiger charge is 2.45. The Kier molecular flexibility index (Phi) is 7.00. The molecule has 0 aromatic heterocycles. The van der Waals surface area contributed by atoms with Crippen LogP contribution in [0.25, 0.3) is 10.8 Å². The summed E-state index contributed by atoms with van der Waals surface area (Å²) in [6, 6.07) is 26.1. The van der Waals surface area contributed by atoms with E-state index in [-0.39, 0.29) is 11.7 Å². The van der Waals surface area contributed by atoms with Crippen LogP contribution in [0.15, 0.2) is 84.9 Å². The molecule has 188 valence electrons. The third-order valence-electron chi connectivity index (χ3n) is 7.05. The molecule has 0 fully saturated rings. The number of nitrogens with zero attached hydrogens (tertiary/aromatic N) is 1. The van der Waals surface area contributed by atoms with Crippen LogP contribution < -0.4 is 10.2 Å². The van der Waals surface area contributed by atoms with Gasteiger partial charge in [0.05, 0.1) is 12.1 Å². The number of aryl methyl sites for hydroxylation is 1. The van der Waals surface area contributed by atoms with Gasteiger partial charge in [-0.1, -0.05) is 66.2 Å². The first-order valence-corrected chi connectivity index (χ1v) is 12.9. The van der Waals surface area contributed by atoms with Gasteiger partial charge in [-0.25, -0.2) is 0 Å². The summed E-state index contributed by atoms with van der Waals surface area (Å²) in [6.45, 7) is 4.23. The maximum Gasteiger partial charge on any atom is 0.240 e. The van der Waals surface area contributed by atoms with Gasteiger partial charge in [-0.15, -0.1) is 0 Å². The van der Waals surface area contributed by atoms with Crippen LogP contribution in [-0.2, 0) is 16.0 Å². The first-order valence-electron chi connectivity index (χ1n) is 12.5. The van der Waals surface area contributed by atoms with Crippen molar-refractivity contribution < 1.29 is 14.7 Å². The molecule has 0 saturated heterocycles. The van der Waals surface area contributed by atoms with E-state index in [9.17, 15) is 14.7 Å². The van der Waals surface area contributed by atoms with Crippen molar-refractivity contribution >= 4 is 45.4 Å². The minimum absolute atomic E-state index is 0.339. The molecular weight excluding hydrogens is 484 g/mol. The Morgan fingerprint density at radius 3 is 2.46 bits per heavy atom. The minimum Gasteiger partial charge on any atom is -0.387 e. The number of ketones is 1. The molecule has 5 rings (SSSR count). The number of amides is 1. The van der Waals surface area contributed by atoms with Crippen LogP contribution in [0.1, 0.15) is 29.7 Å². The standard InChI is InChI=1S/C31H29ClN2O3/c1-3-34-27-16-19(2)8-15-25(27)29(35)28(31(34)37)30(36)26(17-20-9-12-23(32)13-10-20)33-24-14-11-21-6-4-5-7-22(21)18-24/h4-16,18,26,28-29,33,35H,3,17H2,1-2H3. The van der Waals surface area contributed by atoms with Crippen LogP contribution in [-0.4, -0.2) is 29.4 Å². The van der Waals surface area contributed by atoms with Crippen LogP contribution in [0.5, 0.6) is 0 Å². The van der Waals surface area contributed by atoms with E-state index in [0.29, 0.717) is 29.2 Å². The fraction of sp³-hybridized carbons (Fsp3) is 0.226. The number of Topliss-reactive ketones (excluding diaryl/α,β-unsaturated/α-hetero) is 1. The fourth-order valence-corrected chi connectivity index (χ4v) is 5.24. The number of carbonyl (C=O) groups is 2. The van der Waals surface area contributed by atoms with Gasteiger partial charge >= 0.3 is 0 Å². The Morgan fingerprint density at radius 1 is 1.00 bits per heavy atom. The molecule has 4 aromatic carbocycles. The predicted octanol–water partition coefficient (Wildman–Crippen LogP) is 6.11. The smallest absolute Gasteiger partial charge is 0.240 e. The van der Waals surface area contributed by atoms with E-state index in [1.165, 1.54) is 0 Å². The topological polar surface area (TPSA) is 69.6 Å². The van der Waals surface area contributed by atoms with Crippen molar-refractivity contribution in [2.24, 2.45) is 5.92 Å². The first-order chi connectivity index (χ1) is 17.9. The van der Waals surface area contributed by atoms with E-state index in [1.54, 1.807) is 17.0 Å². The normalized spacial score (nSPS) is 17.9. The number of aliphatic hydroxyl groups is 1. The molecule has 6 heteroatoms. The van der Waals surface area contributed by atoms with E-state index in [2.05, 4.69) is 5.32 Å².